The van der Waals surface area contributed by atoms with E-state index < -0.39 is 17.7 Å². The Morgan fingerprint density at radius 3 is 1.33 bits per heavy atom. The zero-order valence-electron chi connectivity index (χ0n) is 19.5. The molecule has 0 spiro atoms. The van der Waals surface area contributed by atoms with Crippen molar-refractivity contribution in [3.05, 3.63) is 0 Å². The van der Waals surface area contributed by atoms with E-state index in [4.69, 9.17) is 9.47 Å². The predicted molar refractivity (Wildman–Crippen MR) is 112 cm³/mol. The molecule has 0 amide bonds. The molecule has 0 radical (unpaired) electrons. The maximum Gasteiger partial charge on any atom is 0.313 e. The maximum atomic E-state index is 12.4. The molecule has 0 aromatic heterocycles. The maximum absolute atomic E-state index is 12.4. The van der Waals surface area contributed by atoms with Crippen LogP contribution in [0.4, 0.5) is 0 Å². The normalized spacial score (nSPS) is 42.3. The zero-order valence-corrected chi connectivity index (χ0v) is 19.5. The molecular weight excluding hydrogens is 380 g/mol. The summed E-state index contributed by atoms with van der Waals surface area (Å²) in [6.07, 6.45) is 5.28. The van der Waals surface area contributed by atoms with Gasteiger partial charge in [0, 0.05) is 10.8 Å². The van der Waals surface area contributed by atoms with Crippen LogP contribution in [0.2, 0.25) is 0 Å². The fourth-order valence-corrected chi connectivity index (χ4v) is 7.40. The van der Waals surface area contributed by atoms with Gasteiger partial charge in [0.15, 0.2) is 5.78 Å². The largest absolute Gasteiger partial charge is 0.461 e. The van der Waals surface area contributed by atoms with Crippen LogP contribution in [0.15, 0.2) is 0 Å². The number of ketones is 1. The van der Waals surface area contributed by atoms with Crippen LogP contribution in [-0.2, 0) is 23.9 Å². The van der Waals surface area contributed by atoms with Crippen LogP contribution in [0.1, 0.15) is 92.9 Å². The average Bonchev–Trinajstić information content (AvgIpc) is 3.13. The minimum Gasteiger partial charge on any atom is -0.461 e. The molecule has 0 aliphatic heterocycles. The third-order valence-electron chi connectivity index (χ3n) is 10.7. The second-order valence-electron chi connectivity index (χ2n) is 12.1. The van der Waals surface area contributed by atoms with Crippen molar-refractivity contribution in [3.8, 4) is 0 Å². The Bertz CT molecular complexity index is 706. The number of rotatable bonds is 6. The lowest BCUT2D eigenvalue weighted by atomic mass is 9.70. The van der Waals surface area contributed by atoms with E-state index in [1.807, 2.05) is 0 Å². The Morgan fingerprint density at radius 2 is 1.07 bits per heavy atom. The molecule has 4 aliphatic rings. The van der Waals surface area contributed by atoms with Gasteiger partial charge in [-0.05, 0) is 61.2 Å². The summed E-state index contributed by atoms with van der Waals surface area (Å²) in [5.41, 5.74) is 0.241. The molecule has 5 nitrogen and oxygen atoms in total. The SMILES string of the molecule is CC1(C)[C@H]2CC[C@]1(C)[C@H](OC(=O)CC(=O)CC(=O)O[C@@H]1C[C@@H]3CC[C@@]1(C)C3(C)C)C2. The molecule has 0 unspecified atom stereocenters. The van der Waals surface area contributed by atoms with Crippen molar-refractivity contribution >= 4 is 17.7 Å². The molecule has 4 rings (SSSR count). The van der Waals surface area contributed by atoms with Crippen molar-refractivity contribution in [1.82, 2.24) is 0 Å². The summed E-state index contributed by atoms with van der Waals surface area (Å²) in [7, 11) is 0. The standard InChI is InChI=1S/C25H38O5/c1-22(2)15-7-9-24(22,5)18(11-15)29-20(27)13-17(26)14-21(28)30-19-12-16-8-10-25(19,6)23(16,3)4/h15-16,18-19H,7-14H2,1-6H3/t15-,16-,18+,19+,24+,25+/m0/s1. The summed E-state index contributed by atoms with van der Waals surface area (Å²) in [4.78, 5) is 37.2. The molecule has 168 valence electrons. The van der Waals surface area contributed by atoms with Gasteiger partial charge in [-0.25, -0.2) is 0 Å². The van der Waals surface area contributed by atoms with Crippen LogP contribution in [0.5, 0.6) is 0 Å². The summed E-state index contributed by atoms with van der Waals surface area (Å²) in [5, 5.41) is 0. The molecule has 6 atom stereocenters. The van der Waals surface area contributed by atoms with Crippen LogP contribution in [0.3, 0.4) is 0 Å². The lowest BCUT2D eigenvalue weighted by Gasteiger charge is -2.38. The van der Waals surface area contributed by atoms with Gasteiger partial charge in [-0.1, -0.05) is 41.5 Å². The quantitative estimate of drug-likeness (QED) is 0.455. The van der Waals surface area contributed by atoms with E-state index in [2.05, 4.69) is 41.5 Å². The highest BCUT2D eigenvalue weighted by Crippen LogP contribution is 2.67. The summed E-state index contributed by atoms with van der Waals surface area (Å²) in [5.74, 6) is -0.285. The highest BCUT2D eigenvalue weighted by atomic mass is 16.6. The molecule has 4 aliphatic carbocycles. The first-order valence-electron chi connectivity index (χ1n) is 11.7. The van der Waals surface area contributed by atoms with E-state index in [1.165, 1.54) is 12.8 Å². The number of carbonyl (C=O) groups excluding carboxylic acids is 3. The number of Topliss-reactive ketones (excluding diaryl/α,β-unsaturated/α-hetero) is 1. The topological polar surface area (TPSA) is 69.7 Å². The van der Waals surface area contributed by atoms with Gasteiger partial charge in [0.2, 0.25) is 0 Å². The second kappa shape index (κ2) is 6.80. The summed E-state index contributed by atoms with van der Waals surface area (Å²) in [6.45, 7) is 13.4. The van der Waals surface area contributed by atoms with E-state index in [9.17, 15) is 14.4 Å². The van der Waals surface area contributed by atoms with Gasteiger partial charge < -0.3 is 9.47 Å². The van der Waals surface area contributed by atoms with Gasteiger partial charge in [0.25, 0.3) is 0 Å². The van der Waals surface area contributed by atoms with Gasteiger partial charge in [-0.15, -0.1) is 0 Å². The van der Waals surface area contributed by atoms with Crippen molar-refractivity contribution in [2.75, 3.05) is 0 Å². The van der Waals surface area contributed by atoms with Gasteiger partial charge in [-0.3, -0.25) is 14.4 Å². The lowest BCUT2D eigenvalue weighted by Crippen LogP contribution is -2.39. The minimum absolute atomic E-state index is 0.0284. The van der Waals surface area contributed by atoms with Gasteiger partial charge in [0.05, 0.1) is 0 Å². The molecule has 4 saturated carbocycles. The molecule has 4 bridgehead atoms. The van der Waals surface area contributed by atoms with E-state index in [0.717, 1.165) is 25.7 Å². The Kier molecular flexibility index (Phi) is 4.95. The van der Waals surface area contributed by atoms with E-state index in [0.29, 0.717) is 11.8 Å². The Labute approximate surface area is 180 Å². The van der Waals surface area contributed by atoms with Gasteiger partial charge >= 0.3 is 11.9 Å². The smallest absolute Gasteiger partial charge is 0.313 e. The molecule has 30 heavy (non-hydrogen) atoms. The number of hydrogen-bond acceptors (Lipinski definition) is 5. The fraction of sp³-hybridized carbons (Fsp3) is 0.880. The van der Waals surface area contributed by atoms with E-state index in [-0.39, 0.29) is 46.7 Å². The fourth-order valence-electron chi connectivity index (χ4n) is 7.40. The number of fused-ring (bicyclic) bond motifs is 4. The molecule has 0 N–H and O–H groups in total. The zero-order chi connectivity index (χ0) is 22.1. The molecular formula is C25H38O5. The summed E-state index contributed by atoms with van der Waals surface area (Å²) in [6, 6.07) is 0. The monoisotopic (exact) mass is 418 g/mol. The van der Waals surface area contributed by atoms with Crippen LogP contribution >= 0.6 is 0 Å². The van der Waals surface area contributed by atoms with Crippen molar-refractivity contribution in [3.63, 3.8) is 0 Å². The number of esters is 2. The third-order valence-corrected chi connectivity index (χ3v) is 10.7. The highest BCUT2D eigenvalue weighted by molar-refractivity contribution is 6.03. The van der Waals surface area contributed by atoms with Crippen molar-refractivity contribution < 1.29 is 23.9 Å². The first-order chi connectivity index (χ1) is 13.8. The predicted octanol–water partition coefficient (Wildman–Crippen LogP) is 4.85. The Hall–Kier alpha value is -1.39. The van der Waals surface area contributed by atoms with Crippen molar-refractivity contribution in [2.24, 2.45) is 33.5 Å². The highest BCUT2D eigenvalue weighted by Gasteiger charge is 2.64. The second-order valence-corrected chi connectivity index (χ2v) is 12.1. The first-order valence-corrected chi connectivity index (χ1v) is 11.7. The van der Waals surface area contributed by atoms with Crippen LogP contribution in [-0.4, -0.2) is 29.9 Å². The van der Waals surface area contributed by atoms with E-state index >= 15 is 0 Å². The number of ether oxygens (including phenoxy) is 2. The molecule has 0 aromatic carbocycles. The Balaban J connectivity index is 1.26. The molecule has 4 fully saturated rings. The number of hydrogen-bond donors (Lipinski definition) is 0. The van der Waals surface area contributed by atoms with Crippen LogP contribution < -0.4 is 0 Å². The van der Waals surface area contributed by atoms with Crippen LogP contribution in [0, 0.1) is 33.5 Å². The summed E-state index contributed by atoms with van der Waals surface area (Å²) < 4.78 is 11.5. The molecule has 0 saturated heterocycles. The lowest BCUT2D eigenvalue weighted by molar-refractivity contribution is -0.160. The summed E-state index contributed by atoms with van der Waals surface area (Å²) >= 11 is 0. The first kappa shape index (κ1) is 21.8. The third kappa shape index (κ3) is 2.97. The molecule has 0 heterocycles. The average molecular weight is 419 g/mol. The van der Waals surface area contributed by atoms with Gasteiger partial charge in [0.1, 0.15) is 25.0 Å². The van der Waals surface area contributed by atoms with Crippen molar-refractivity contribution in [1.29, 1.82) is 0 Å². The van der Waals surface area contributed by atoms with E-state index in [1.54, 1.807) is 0 Å². The molecule has 0 aromatic rings. The van der Waals surface area contributed by atoms with Crippen molar-refractivity contribution in [2.45, 2.75) is 105 Å². The number of carbonyl (C=O) groups is 3. The Morgan fingerprint density at radius 1 is 0.700 bits per heavy atom. The molecule has 5 heteroatoms. The minimum atomic E-state index is -0.504. The van der Waals surface area contributed by atoms with Gasteiger partial charge in [-0.2, -0.15) is 0 Å². The van der Waals surface area contributed by atoms with Crippen LogP contribution in [0.25, 0.3) is 0 Å².